The summed E-state index contributed by atoms with van der Waals surface area (Å²) in [7, 11) is 0. The molecule has 0 unspecified atom stereocenters. The molecule has 1 aliphatic rings. The van der Waals surface area contributed by atoms with Gasteiger partial charge in [-0.2, -0.15) is 0 Å². The number of hydrogen-bond acceptors (Lipinski definition) is 4. The molecule has 5 nitrogen and oxygen atoms in total. The fraction of sp³-hybridized carbons (Fsp3) is 0. The lowest BCUT2D eigenvalue weighted by atomic mass is 10.1. The van der Waals surface area contributed by atoms with Crippen molar-refractivity contribution >= 4 is 52.5 Å². The van der Waals surface area contributed by atoms with Gasteiger partial charge < -0.3 is 4.42 Å². The van der Waals surface area contributed by atoms with Crippen LogP contribution >= 0.6 is 23.8 Å². The van der Waals surface area contributed by atoms with Crippen molar-refractivity contribution in [2.24, 2.45) is 0 Å². The van der Waals surface area contributed by atoms with Crippen LogP contribution in [0.4, 0.5) is 5.69 Å². The molecule has 0 aliphatic carbocycles. The molecule has 1 aromatic heterocycles. The standard InChI is InChI=1S/C15H9ClN2O3S/c16-9-3-5-10(6-4-9)18-14(20)12(13(19)17-15(18)22)8-11-2-1-7-21-11/h1-8H,(H,17,19,22). The Hall–Kier alpha value is -2.44. The third-order valence-electron chi connectivity index (χ3n) is 3.02. The van der Waals surface area contributed by atoms with Gasteiger partial charge in [-0.3, -0.25) is 19.8 Å². The van der Waals surface area contributed by atoms with Gasteiger partial charge in [-0.05, 0) is 54.7 Å². The van der Waals surface area contributed by atoms with Gasteiger partial charge in [0, 0.05) is 5.02 Å². The zero-order chi connectivity index (χ0) is 15.7. The lowest BCUT2D eigenvalue weighted by Gasteiger charge is -2.28. The molecule has 1 aliphatic heterocycles. The van der Waals surface area contributed by atoms with Crippen LogP contribution in [0.3, 0.4) is 0 Å². The van der Waals surface area contributed by atoms with Crippen LogP contribution in [-0.2, 0) is 9.59 Å². The second-order valence-electron chi connectivity index (χ2n) is 4.45. The number of furan rings is 1. The van der Waals surface area contributed by atoms with Crippen molar-refractivity contribution in [1.82, 2.24) is 5.32 Å². The van der Waals surface area contributed by atoms with Crippen molar-refractivity contribution in [3.63, 3.8) is 0 Å². The molecule has 1 fully saturated rings. The number of carbonyl (C=O) groups is 2. The highest BCUT2D eigenvalue weighted by atomic mass is 35.5. The highest BCUT2D eigenvalue weighted by Crippen LogP contribution is 2.23. The molecule has 0 radical (unpaired) electrons. The van der Waals surface area contributed by atoms with Gasteiger partial charge in [0.25, 0.3) is 11.8 Å². The molecular weight excluding hydrogens is 324 g/mol. The smallest absolute Gasteiger partial charge is 0.270 e. The van der Waals surface area contributed by atoms with Gasteiger partial charge in [0.1, 0.15) is 11.3 Å². The molecule has 3 rings (SSSR count). The van der Waals surface area contributed by atoms with E-state index in [0.717, 1.165) is 0 Å². The van der Waals surface area contributed by atoms with Crippen LogP contribution in [0.5, 0.6) is 0 Å². The summed E-state index contributed by atoms with van der Waals surface area (Å²) in [6.45, 7) is 0. The first-order valence-electron chi connectivity index (χ1n) is 6.27. The molecule has 1 saturated heterocycles. The quantitative estimate of drug-likeness (QED) is 0.522. The third kappa shape index (κ3) is 2.66. The van der Waals surface area contributed by atoms with E-state index in [0.29, 0.717) is 16.5 Å². The monoisotopic (exact) mass is 332 g/mol. The van der Waals surface area contributed by atoms with Gasteiger partial charge in [0.15, 0.2) is 5.11 Å². The molecule has 22 heavy (non-hydrogen) atoms. The number of amides is 2. The Morgan fingerprint density at radius 2 is 1.91 bits per heavy atom. The maximum Gasteiger partial charge on any atom is 0.270 e. The SMILES string of the molecule is O=C1NC(=S)N(c2ccc(Cl)cc2)C(=O)C1=Cc1ccco1. The van der Waals surface area contributed by atoms with Crippen molar-refractivity contribution in [2.75, 3.05) is 4.90 Å². The number of rotatable bonds is 2. The maximum absolute atomic E-state index is 12.6. The molecular formula is C15H9ClN2O3S. The van der Waals surface area contributed by atoms with E-state index in [9.17, 15) is 9.59 Å². The molecule has 0 saturated carbocycles. The fourth-order valence-corrected chi connectivity index (χ4v) is 2.40. The lowest BCUT2D eigenvalue weighted by Crippen LogP contribution is -2.54. The largest absolute Gasteiger partial charge is 0.465 e. The van der Waals surface area contributed by atoms with Gasteiger partial charge in [0.2, 0.25) is 0 Å². The molecule has 0 bridgehead atoms. The van der Waals surface area contributed by atoms with Crippen LogP contribution in [0.2, 0.25) is 5.02 Å². The summed E-state index contributed by atoms with van der Waals surface area (Å²) in [5.41, 5.74) is 0.461. The molecule has 7 heteroatoms. The summed E-state index contributed by atoms with van der Waals surface area (Å²) in [5, 5.41) is 3.05. The van der Waals surface area contributed by atoms with E-state index in [1.54, 1.807) is 36.4 Å². The van der Waals surface area contributed by atoms with E-state index in [-0.39, 0.29) is 10.7 Å². The zero-order valence-corrected chi connectivity index (χ0v) is 12.6. The van der Waals surface area contributed by atoms with Crippen molar-refractivity contribution in [3.8, 4) is 0 Å². The summed E-state index contributed by atoms with van der Waals surface area (Å²) in [5.74, 6) is -0.675. The molecule has 0 atom stereocenters. The van der Waals surface area contributed by atoms with Crippen LogP contribution in [-0.4, -0.2) is 16.9 Å². The molecule has 1 aromatic carbocycles. The second kappa shape index (κ2) is 5.75. The Morgan fingerprint density at radius 3 is 2.55 bits per heavy atom. The second-order valence-corrected chi connectivity index (χ2v) is 5.27. The van der Waals surface area contributed by atoms with E-state index in [2.05, 4.69) is 5.32 Å². The van der Waals surface area contributed by atoms with E-state index >= 15 is 0 Å². The fourth-order valence-electron chi connectivity index (χ4n) is 2.00. The Balaban J connectivity index is 2.01. The highest BCUT2D eigenvalue weighted by Gasteiger charge is 2.34. The maximum atomic E-state index is 12.6. The first-order valence-corrected chi connectivity index (χ1v) is 7.05. The van der Waals surface area contributed by atoms with E-state index in [1.807, 2.05) is 0 Å². The Bertz CT molecular complexity index is 782. The minimum absolute atomic E-state index is 0.0221. The van der Waals surface area contributed by atoms with Crippen molar-refractivity contribution < 1.29 is 14.0 Å². The molecule has 2 heterocycles. The van der Waals surface area contributed by atoms with E-state index < -0.39 is 11.8 Å². The number of carbonyl (C=O) groups excluding carboxylic acids is 2. The summed E-state index contributed by atoms with van der Waals surface area (Å²) in [6.07, 6.45) is 2.83. The number of thiocarbonyl (C=S) groups is 1. The van der Waals surface area contributed by atoms with Gasteiger partial charge >= 0.3 is 0 Å². The van der Waals surface area contributed by atoms with Crippen LogP contribution in [0.15, 0.2) is 52.7 Å². The summed E-state index contributed by atoms with van der Waals surface area (Å²) in [6, 6.07) is 9.88. The van der Waals surface area contributed by atoms with Gasteiger partial charge in [0.05, 0.1) is 12.0 Å². The van der Waals surface area contributed by atoms with Crippen LogP contribution < -0.4 is 10.2 Å². The molecule has 1 N–H and O–H groups in total. The summed E-state index contributed by atoms with van der Waals surface area (Å²) in [4.78, 5) is 25.8. The first kappa shape index (κ1) is 14.5. The Labute approximate surface area is 136 Å². The number of halogens is 1. The predicted octanol–water partition coefficient (Wildman–Crippen LogP) is 2.76. The van der Waals surface area contributed by atoms with Gasteiger partial charge in [-0.15, -0.1) is 0 Å². The normalized spacial score (nSPS) is 17.0. The van der Waals surface area contributed by atoms with Gasteiger partial charge in [-0.25, -0.2) is 0 Å². The van der Waals surface area contributed by atoms with Crippen molar-refractivity contribution in [1.29, 1.82) is 0 Å². The van der Waals surface area contributed by atoms with Gasteiger partial charge in [-0.1, -0.05) is 11.6 Å². The average Bonchev–Trinajstić information content (AvgIpc) is 2.98. The van der Waals surface area contributed by atoms with Crippen molar-refractivity contribution in [3.05, 3.63) is 59.0 Å². The van der Waals surface area contributed by atoms with Crippen LogP contribution in [0, 0.1) is 0 Å². The minimum atomic E-state index is -0.559. The molecule has 2 amide bonds. The molecule has 0 spiro atoms. The molecule has 110 valence electrons. The predicted molar refractivity (Wildman–Crippen MR) is 86.4 cm³/mol. The van der Waals surface area contributed by atoms with E-state index in [1.165, 1.54) is 17.2 Å². The number of hydrogen-bond donors (Lipinski definition) is 1. The average molecular weight is 333 g/mol. The Morgan fingerprint density at radius 1 is 1.18 bits per heavy atom. The number of nitrogens with zero attached hydrogens (tertiary/aromatic N) is 1. The summed E-state index contributed by atoms with van der Waals surface area (Å²) >= 11 is 10.9. The topological polar surface area (TPSA) is 62.6 Å². The number of anilines is 1. The van der Waals surface area contributed by atoms with Crippen LogP contribution in [0.25, 0.3) is 6.08 Å². The highest BCUT2D eigenvalue weighted by molar-refractivity contribution is 7.80. The van der Waals surface area contributed by atoms with Crippen LogP contribution in [0.1, 0.15) is 5.76 Å². The minimum Gasteiger partial charge on any atom is -0.465 e. The molecule has 2 aromatic rings. The number of nitrogens with one attached hydrogen (secondary N) is 1. The van der Waals surface area contributed by atoms with Crippen molar-refractivity contribution in [2.45, 2.75) is 0 Å². The zero-order valence-electron chi connectivity index (χ0n) is 11.1. The Kier molecular flexibility index (Phi) is 3.79. The number of benzene rings is 1. The summed E-state index contributed by atoms with van der Waals surface area (Å²) < 4.78 is 5.14. The third-order valence-corrected chi connectivity index (χ3v) is 3.55. The lowest BCUT2D eigenvalue weighted by molar-refractivity contribution is -0.122. The van der Waals surface area contributed by atoms with E-state index in [4.69, 9.17) is 28.2 Å². The first-order chi connectivity index (χ1) is 10.6.